The summed E-state index contributed by atoms with van der Waals surface area (Å²) in [7, 11) is 0. The van der Waals surface area contributed by atoms with Crippen LogP contribution in [0.4, 0.5) is 0 Å². The van der Waals surface area contributed by atoms with Gasteiger partial charge in [0.2, 0.25) is 4.96 Å². The fourth-order valence-electron chi connectivity index (χ4n) is 2.83. The molecule has 2 aromatic rings. The Hall–Kier alpha value is -1.05. The van der Waals surface area contributed by atoms with Crippen LogP contribution in [0.5, 0.6) is 0 Å². The molecule has 4 rings (SSSR count). The predicted octanol–water partition coefficient (Wildman–Crippen LogP) is 1.46. The molecule has 0 spiro atoms. The van der Waals surface area contributed by atoms with Gasteiger partial charge in [0, 0.05) is 18.6 Å². The van der Waals surface area contributed by atoms with Gasteiger partial charge >= 0.3 is 0 Å². The largest absolute Gasteiger partial charge is 0.370 e. The van der Waals surface area contributed by atoms with Crippen molar-refractivity contribution in [3.63, 3.8) is 0 Å². The number of fused-ring (bicyclic) bond motifs is 1. The second-order valence-electron chi connectivity index (χ2n) is 5.64. The van der Waals surface area contributed by atoms with Crippen molar-refractivity contribution >= 4 is 16.3 Å². The summed E-state index contributed by atoms with van der Waals surface area (Å²) in [6, 6.07) is 0. The van der Waals surface area contributed by atoms with Crippen LogP contribution in [0.15, 0.2) is 0 Å². The third-order valence-electron chi connectivity index (χ3n) is 4.13. The summed E-state index contributed by atoms with van der Waals surface area (Å²) in [4.78, 5) is 0.850. The molecule has 2 N–H and O–H groups in total. The highest BCUT2D eigenvalue weighted by Gasteiger charge is 2.34. The molecule has 6 nitrogen and oxygen atoms in total. The molecule has 1 aliphatic heterocycles. The molecule has 1 saturated carbocycles. The standard InChI is InChI=1S/C12H17N5OS/c13-12(4-2-5-12)7-9-16-17-10(8-3-1-6-18-8)14-15-11(17)19-9/h8H,1-7,13H2. The average molecular weight is 279 g/mol. The van der Waals surface area contributed by atoms with Crippen LogP contribution >= 0.6 is 11.3 Å². The lowest BCUT2D eigenvalue weighted by molar-refractivity contribution is 0.103. The number of nitrogens with zero attached hydrogens (tertiary/aromatic N) is 4. The van der Waals surface area contributed by atoms with Gasteiger partial charge in [-0.15, -0.1) is 10.2 Å². The predicted molar refractivity (Wildman–Crippen MR) is 71.1 cm³/mol. The molecule has 1 atom stereocenters. The van der Waals surface area contributed by atoms with Crippen molar-refractivity contribution in [3.8, 4) is 0 Å². The van der Waals surface area contributed by atoms with Gasteiger partial charge in [0.1, 0.15) is 11.1 Å². The van der Waals surface area contributed by atoms with E-state index in [9.17, 15) is 0 Å². The topological polar surface area (TPSA) is 78.3 Å². The minimum Gasteiger partial charge on any atom is -0.370 e. The summed E-state index contributed by atoms with van der Waals surface area (Å²) in [5.74, 6) is 0.842. The zero-order chi connectivity index (χ0) is 12.9. The average Bonchev–Trinajstić information content (AvgIpc) is 3.01. The van der Waals surface area contributed by atoms with E-state index in [0.717, 1.165) is 54.5 Å². The lowest BCUT2D eigenvalue weighted by Crippen LogP contribution is -2.48. The van der Waals surface area contributed by atoms with Crippen molar-refractivity contribution in [2.75, 3.05) is 6.61 Å². The maximum Gasteiger partial charge on any atom is 0.234 e. The van der Waals surface area contributed by atoms with E-state index in [1.54, 1.807) is 11.3 Å². The Morgan fingerprint density at radius 3 is 2.95 bits per heavy atom. The third-order valence-corrected chi connectivity index (χ3v) is 5.03. The van der Waals surface area contributed by atoms with Gasteiger partial charge in [-0.2, -0.15) is 9.61 Å². The van der Waals surface area contributed by atoms with E-state index < -0.39 is 0 Å². The van der Waals surface area contributed by atoms with Crippen molar-refractivity contribution in [2.45, 2.75) is 50.2 Å². The number of hydrogen-bond donors (Lipinski definition) is 1. The van der Waals surface area contributed by atoms with Crippen molar-refractivity contribution < 1.29 is 4.74 Å². The zero-order valence-electron chi connectivity index (χ0n) is 10.7. The summed E-state index contributed by atoms with van der Waals surface area (Å²) in [6.45, 7) is 0.808. The monoisotopic (exact) mass is 279 g/mol. The van der Waals surface area contributed by atoms with Crippen molar-refractivity contribution in [3.05, 3.63) is 10.8 Å². The van der Waals surface area contributed by atoms with Crippen LogP contribution in [0, 0.1) is 0 Å². The molecule has 102 valence electrons. The van der Waals surface area contributed by atoms with Gasteiger partial charge in [-0.1, -0.05) is 11.3 Å². The first-order valence-corrected chi connectivity index (χ1v) is 7.67. The summed E-state index contributed by atoms with van der Waals surface area (Å²) >= 11 is 1.60. The second-order valence-corrected chi connectivity index (χ2v) is 6.68. The van der Waals surface area contributed by atoms with Crippen molar-refractivity contribution in [2.24, 2.45) is 5.73 Å². The fraction of sp³-hybridized carbons (Fsp3) is 0.750. The Kier molecular flexibility index (Phi) is 2.61. The minimum atomic E-state index is -0.0344. The molecule has 0 radical (unpaired) electrons. The van der Waals surface area contributed by atoms with Gasteiger partial charge in [0.05, 0.1) is 0 Å². The van der Waals surface area contributed by atoms with Crippen LogP contribution in [0.25, 0.3) is 4.96 Å². The number of rotatable bonds is 3. The highest BCUT2D eigenvalue weighted by Crippen LogP contribution is 2.34. The van der Waals surface area contributed by atoms with E-state index >= 15 is 0 Å². The number of nitrogens with two attached hydrogens (primary N) is 1. The summed E-state index contributed by atoms with van der Waals surface area (Å²) in [6.07, 6.45) is 6.45. The molecule has 2 aromatic heterocycles. The molecule has 0 aromatic carbocycles. The first-order chi connectivity index (χ1) is 9.23. The quantitative estimate of drug-likeness (QED) is 0.920. The normalized spacial score (nSPS) is 25.8. The Bertz CT molecular complexity index is 596. The molecule has 0 amide bonds. The van der Waals surface area contributed by atoms with E-state index in [-0.39, 0.29) is 11.6 Å². The van der Waals surface area contributed by atoms with Gasteiger partial charge < -0.3 is 10.5 Å². The van der Waals surface area contributed by atoms with Crippen LogP contribution in [0.3, 0.4) is 0 Å². The van der Waals surface area contributed by atoms with E-state index in [4.69, 9.17) is 10.5 Å². The Morgan fingerprint density at radius 1 is 1.37 bits per heavy atom. The molecule has 2 aliphatic rings. The Morgan fingerprint density at radius 2 is 2.26 bits per heavy atom. The molecule has 1 saturated heterocycles. The molecule has 2 fully saturated rings. The number of aromatic nitrogens is 4. The van der Waals surface area contributed by atoms with E-state index in [1.165, 1.54) is 6.42 Å². The Labute approximate surface area is 115 Å². The zero-order valence-corrected chi connectivity index (χ0v) is 11.5. The third kappa shape index (κ3) is 1.96. The van der Waals surface area contributed by atoms with Gasteiger partial charge in [-0.05, 0) is 32.1 Å². The molecule has 1 unspecified atom stereocenters. The highest BCUT2D eigenvalue weighted by atomic mass is 32.1. The number of hydrogen-bond acceptors (Lipinski definition) is 6. The fourth-order valence-corrected chi connectivity index (χ4v) is 3.83. The SMILES string of the molecule is NC1(Cc2nn3c(C4CCCO4)nnc3s2)CCC1. The first-order valence-electron chi connectivity index (χ1n) is 6.85. The Balaban J connectivity index is 1.63. The van der Waals surface area contributed by atoms with Crippen molar-refractivity contribution in [1.82, 2.24) is 19.8 Å². The maximum atomic E-state index is 6.28. The summed E-state index contributed by atoms with van der Waals surface area (Å²) < 4.78 is 7.51. The molecular formula is C12H17N5OS. The van der Waals surface area contributed by atoms with Crippen molar-refractivity contribution in [1.29, 1.82) is 0 Å². The maximum absolute atomic E-state index is 6.28. The second kappa shape index (κ2) is 4.22. The van der Waals surface area contributed by atoms with Crippen LogP contribution in [-0.4, -0.2) is 32.0 Å². The van der Waals surface area contributed by atoms with Crippen LogP contribution < -0.4 is 5.73 Å². The van der Waals surface area contributed by atoms with Gasteiger partial charge in [0.15, 0.2) is 5.82 Å². The molecular weight excluding hydrogens is 262 g/mol. The highest BCUT2D eigenvalue weighted by molar-refractivity contribution is 7.16. The molecule has 1 aliphatic carbocycles. The van der Waals surface area contributed by atoms with Crippen LogP contribution in [0.2, 0.25) is 0 Å². The molecule has 19 heavy (non-hydrogen) atoms. The van der Waals surface area contributed by atoms with Gasteiger partial charge in [0.25, 0.3) is 0 Å². The lowest BCUT2D eigenvalue weighted by Gasteiger charge is -2.37. The molecule has 7 heteroatoms. The lowest BCUT2D eigenvalue weighted by atomic mass is 9.75. The molecule has 0 bridgehead atoms. The van der Waals surface area contributed by atoms with E-state index in [0.29, 0.717) is 0 Å². The van der Waals surface area contributed by atoms with Gasteiger partial charge in [-0.25, -0.2) is 0 Å². The smallest absolute Gasteiger partial charge is 0.234 e. The van der Waals surface area contributed by atoms with E-state index in [2.05, 4.69) is 15.3 Å². The van der Waals surface area contributed by atoms with Crippen LogP contribution in [0.1, 0.15) is 49.0 Å². The number of ether oxygens (including phenoxy) is 1. The van der Waals surface area contributed by atoms with Gasteiger partial charge in [-0.3, -0.25) is 0 Å². The van der Waals surface area contributed by atoms with E-state index in [1.807, 2.05) is 4.52 Å². The first kappa shape index (κ1) is 11.7. The summed E-state index contributed by atoms with van der Waals surface area (Å²) in [5, 5.41) is 14.1. The van der Waals surface area contributed by atoms with Crippen LogP contribution in [-0.2, 0) is 11.2 Å². The molecule has 3 heterocycles. The summed E-state index contributed by atoms with van der Waals surface area (Å²) in [5.41, 5.74) is 6.25. The minimum absolute atomic E-state index is 0.0344.